The number of sulfonamides is 1. The van der Waals surface area contributed by atoms with Gasteiger partial charge >= 0.3 is 0 Å². The van der Waals surface area contributed by atoms with Gasteiger partial charge in [0.05, 0.1) is 36.2 Å². The van der Waals surface area contributed by atoms with Gasteiger partial charge in [-0.2, -0.15) is 4.98 Å². The summed E-state index contributed by atoms with van der Waals surface area (Å²) >= 11 is 3.45. The molecule has 0 atom stereocenters. The second-order valence-electron chi connectivity index (χ2n) is 8.02. The molecule has 0 radical (unpaired) electrons. The van der Waals surface area contributed by atoms with Crippen LogP contribution in [0, 0.1) is 0 Å². The molecular formula is C24H29BrN6O4S. The number of anilines is 5. The Morgan fingerprint density at radius 1 is 1.11 bits per heavy atom. The fraction of sp³-hybridized carbons (Fsp3) is 0.333. The zero-order valence-electron chi connectivity index (χ0n) is 20.1. The number of nitrogens with one attached hydrogen (secondary N) is 3. The summed E-state index contributed by atoms with van der Waals surface area (Å²) in [6.45, 7) is 5.31. The molecule has 0 aliphatic carbocycles. The third kappa shape index (κ3) is 6.25. The minimum Gasteiger partial charge on any atom is -0.494 e. The molecule has 1 saturated heterocycles. The lowest BCUT2D eigenvalue weighted by Gasteiger charge is -2.29. The van der Waals surface area contributed by atoms with Crippen LogP contribution in [0.25, 0.3) is 0 Å². The molecule has 0 saturated carbocycles. The van der Waals surface area contributed by atoms with Gasteiger partial charge in [-0.25, -0.2) is 18.1 Å². The maximum absolute atomic E-state index is 12.8. The first-order valence-corrected chi connectivity index (χ1v) is 13.8. The van der Waals surface area contributed by atoms with Crippen LogP contribution < -0.4 is 25.0 Å². The van der Waals surface area contributed by atoms with E-state index in [1.807, 2.05) is 25.1 Å². The number of halogens is 1. The number of methoxy groups -OCH3 is 1. The molecule has 1 aromatic heterocycles. The van der Waals surface area contributed by atoms with Crippen LogP contribution >= 0.6 is 15.9 Å². The average molecular weight is 578 g/mol. The lowest BCUT2D eigenvalue weighted by molar-refractivity contribution is 0.122. The van der Waals surface area contributed by atoms with E-state index >= 15 is 0 Å². The highest BCUT2D eigenvalue weighted by Gasteiger charge is 2.19. The van der Waals surface area contributed by atoms with Gasteiger partial charge in [-0.1, -0.05) is 19.1 Å². The molecule has 1 aliphatic heterocycles. The molecule has 12 heteroatoms. The molecule has 4 rings (SSSR count). The Hall–Kier alpha value is -2.93. The predicted octanol–water partition coefficient (Wildman–Crippen LogP) is 4.26. The van der Waals surface area contributed by atoms with Gasteiger partial charge in [0.2, 0.25) is 16.0 Å². The third-order valence-electron chi connectivity index (χ3n) is 5.52. The predicted molar refractivity (Wildman–Crippen MR) is 144 cm³/mol. The Morgan fingerprint density at radius 2 is 1.89 bits per heavy atom. The maximum atomic E-state index is 12.8. The fourth-order valence-electron chi connectivity index (χ4n) is 3.68. The SMILES string of the molecule is CCCNS(=O)(=O)c1ccccc1Nc1nc(Nc2ccc(N3CCOCC3)cc2OC)ncc1Br. The van der Waals surface area contributed by atoms with Crippen molar-refractivity contribution in [1.29, 1.82) is 0 Å². The molecule has 1 aliphatic rings. The van der Waals surface area contributed by atoms with Crippen molar-refractivity contribution in [3.63, 3.8) is 0 Å². The number of benzene rings is 2. The molecule has 2 heterocycles. The molecule has 3 aromatic rings. The van der Waals surface area contributed by atoms with Crippen molar-refractivity contribution < 1.29 is 17.9 Å². The molecule has 0 spiro atoms. The lowest BCUT2D eigenvalue weighted by Crippen LogP contribution is -2.36. The van der Waals surface area contributed by atoms with Crippen molar-refractivity contribution in [2.45, 2.75) is 18.2 Å². The quantitative estimate of drug-likeness (QED) is 0.325. The number of aromatic nitrogens is 2. The molecule has 0 unspecified atom stereocenters. The van der Waals surface area contributed by atoms with Crippen molar-refractivity contribution in [2.75, 3.05) is 55.5 Å². The van der Waals surface area contributed by atoms with E-state index in [1.54, 1.807) is 37.6 Å². The summed E-state index contributed by atoms with van der Waals surface area (Å²) in [5.41, 5.74) is 2.16. The first kappa shape index (κ1) is 26.1. The van der Waals surface area contributed by atoms with Crippen molar-refractivity contribution >= 4 is 54.8 Å². The summed E-state index contributed by atoms with van der Waals surface area (Å²) in [4.78, 5) is 11.3. The molecule has 2 aromatic carbocycles. The number of nitrogens with zero attached hydrogens (tertiary/aromatic N) is 3. The van der Waals surface area contributed by atoms with Gasteiger partial charge in [-0.05, 0) is 46.6 Å². The molecule has 10 nitrogen and oxygen atoms in total. The van der Waals surface area contributed by atoms with E-state index in [0.29, 0.717) is 59.5 Å². The van der Waals surface area contributed by atoms with Crippen LogP contribution in [0.2, 0.25) is 0 Å². The van der Waals surface area contributed by atoms with E-state index in [1.165, 1.54) is 0 Å². The zero-order chi connectivity index (χ0) is 25.5. The number of ether oxygens (including phenoxy) is 2. The highest BCUT2D eigenvalue weighted by molar-refractivity contribution is 9.10. The Bertz CT molecular complexity index is 1300. The minimum atomic E-state index is -3.68. The number of para-hydroxylation sites is 1. The van der Waals surface area contributed by atoms with Crippen molar-refractivity contribution in [2.24, 2.45) is 0 Å². The number of hydrogen-bond donors (Lipinski definition) is 3. The molecular weight excluding hydrogens is 548 g/mol. The van der Waals surface area contributed by atoms with E-state index < -0.39 is 10.0 Å². The summed E-state index contributed by atoms with van der Waals surface area (Å²) in [5.74, 6) is 1.38. The van der Waals surface area contributed by atoms with E-state index in [9.17, 15) is 8.42 Å². The lowest BCUT2D eigenvalue weighted by atomic mass is 10.2. The first-order valence-electron chi connectivity index (χ1n) is 11.6. The van der Waals surface area contributed by atoms with E-state index in [4.69, 9.17) is 9.47 Å². The van der Waals surface area contributed by atoms with Crippen molar-refractivity contribution in [3.8, 4) is 5.75 Å². The maximum Gasteiger partial charge on any atom is 0.242 e. The zero-order valence-corrected chi connectivity index (χ0v) is 22.5. The van der Waals surface area contributed by atoms with Crippen molar-refractivity contribution in [3.05, 3.63) is 53.1 Å². The molecule has 1 fully saturated rings. The van der Waals surface area contributed by atoms with Gasteiger partial charge in [0, 0.05) is 37.6 Å². The summed E-state index contributed by atoms with van der Waals surface area (Å²) in [7, 11) is -2.07. The minimum absolute atomic E-state index is 0.138. The normalized spacial score (nSPS) is 13.9. The second kappa shape index (κ2) is 11.9. The van der Waals surface area contributed by atoms with Gasteiger partial charge in [-0.15, -0.1) is 0 Å². The van der Waals surface area contributed by atoms with Crippen LogP contribution in [0.5, 0.6) is 5.75 Å². The number of morpholine rings is 1. The van der Waals surface area contributed by atoms with E-state index in [0.717, 1.165) is 18.8 Å². The number of rotatable bonds is 10. The van der Waals surface area contributed by atoms with Crippen molar-refractivity contribution in [1.82, 2.24) is 14.7 Å². The topological polar surface area (TPSA) is 118 Å². The van der Waals surface area contributed by atoms with E-state index in [2.05, 4.69) is 46.2 Å². The largest absolute Gasteiger partial charge is 0.494 e. The Morgan fingerprint density at radius 3 is 2.64 bits per heavy atom. The van der Waals surface area contributed by atoms with Crippen LogP contribution in [0.1, 0.15) is 13.3 Å². The summed E-state index contributed by atoms with van der Waals surface area (Å²) in [6.07, 6.45) is 2.29. The van der Waals surface area contributed by atoms with Crippen LogP contribution in [0.15, 0.2) is 58.0 Å². The van der Waals surface area contributed by atoms with Crippen LogP contribution in [0.4, 0.5) is 28.8 Å². The van der Waals surface area contributed by atoms with Crippen LogP contribution in [-0.4, -0.2) is 58.3 Å². The van der Waals surface area contributed by atoms with Gasteiger partial charge < -0.3 is 25.0 Å². The molecule has 3 N–H and O–H groups in total. The fourth-order valence-corrected chi connectivity index (χ4v) is 5.27. The van der Waals surface area contributed by atoms with Crippen LogP contribution in [0.3, 0.4) is 0 Å². The molecule has 0 bridgehead atoms. The third-order valence-corrected chi connectivity index (χ3v) is 7.62. The van der Waals surface area contributed by atoms with Crippen LogP contribution in [-0.2, 0) is 14.8 Å². The van der Waals surface area contributed by atoms with Gasteiger partial charge in [0.15, 0.2) is 0 Å². The molecule has 192 valence electrons. The highest BCUT2D eigenvalue weighted by atomic mass is 79.9. The summed E-state index contributed by atoms with van der Waals surface area (Å²) in [5, 5.41) is 6.32. The highest BCUT2D eigenvalue weighted by Crippen LogP contribution is 2.33. The average Bonchev–Trinajstić information content (AvgIpc) is 2.90. The van der Waals surface area contributed by atoms with E-state index in [-0.39, 0.29) is 4.90 Å². The van der Waals surface area contributed by atoms with Gasteiger partial charge in [0.1, 0.15) is 16.5 Å². The molecule has 0 amide bonds. The number of hydrogen-bond acceptors (Lipinski definition) is 9. The first-order chi connectivity index (χ1) is 17.4. The summed E-state index contributed by atoms with van der Waals surface area (Å²) < 4.78 is 39.8. The smallest absolute Gasteiger partial charge is 0.242 e. The Labute approximate surface area is 219 Å². The Balaban J connectivity index is 1.57. The standard InChI is InChI=1S/C24H29BrN6O4S/c1-3-10-27-36(32,33)22-7-5-4-6-20(22)28-23-18(25)16-26-24(30-23)29-19-9-8-17(15-21(19)34-2)31-11-13-35-14-12-31/h4-9,15-16,27H,3,10-14H2,1-2H3,(H2,26,28,29,30). The molecule has 36 heavy (non-hydrogen) atoms. The Kier molecular flexibility index (Phi) is 8.62. The van der Waals surface area contributed by atoms with Gasteiger partial charge in [-0.3, -0.25) is 0 Å². The second-order valence-corrected chi connectivity index (χ2v) is 10.6. The monoisotopic (exact) mass is 576 g/mol. The summed E-state index contributed by atoms with van der Waals surface area (Å²) in [6, 6.07) is 12.6. The van der Waals surface area contributed by atoms with Gasteiger partial charge in [0.25, 0.3) is 0 Å².